The van der Waals surface area contributed by atoms with Crippen LogP contribution in [0.1, 0.15) is 61.3 Å². The Balaban J connectivity index is 1.59. The van der Waals surface area contributed by atoms with Crippen molar-refractivity contribution in [2.45, 2.75) is 115 Å². The summed E-state index contributed by atoms with van der Waals surface area (Å²) in [5.41, 5.74) is -2.53. The molecule has 3 aliphatic heterocycles. The number of rotatable bonds is 8. The lowest BCUT2D eigenvalue weighted by atomic mass is 9.74. The smallest absolute Gasteiger partial charge is 0.319 e. The molecule has 3 fully saturated rings. The van der Waals surface area contributed by atoms with Gasteiger partial charge in [-0.25, -0.2) is 13.4 Å². The van der Waals surface area contributed by atoms with Gasteiger partial charge >= 0.3 is 5.97 Å². The number of aromatic nitrogens is 2. The number of carbonyl (C=O) groups is 2. The van der Waals surface area contributed by atoms with E-state index in [-0.39, 0.29) is 34.9 Å². The molecular formula is C36H64N6O9S. The number of hydrogen-bond donors (Lipinski definition) is 1. The summed E-state index contributed by atoms with van der Waals surface area (Å²) in [6.07, 6.45) is 0.471. The molecule has 15 nitrogen and oxygen atoms in total. The summed E-state index contributed by atoms with van der Waals surface area (Å²) in [5, 5.41) is 11.4. The van der Waals surface area contributed by atoms with E-state index in [2.05, 4.69) is 21.7 Å². The van der Waals surface area contributed by atoms with Crippen molar-refractivity contribution >= 4 is 21.8 Å². The van der Waals surface area contributed by atoms with Crippen LogP contribution in [0.15, 0.2) is 17.6 Å². The van der Waals surface area contributed by atoms with Gasteiger partial charge in [-0.05, 0) is 74.5 Å². The molecule has 0 amide bonds. The standard InChI is InChI=1S/C36H64N6O9S/c1-23-18-36(7,48-12)32(51-33-30(43)27(38(8)9)17-24(2)49-33)25(3)31(44)35(5,6)34(45)50-26(4)28(40(11)19-23)20-41-13-15-42(16-14-41)52(46,47)29-21-39(10)22-37-29/h21-28,30,32-33,43H,13-20H2,1-12H3/t23-,24-,25+,26+,27+,28+,30-,32-,33+,36-/m1/s1. The molecule has 4 heterocycles. The summed E-state index contributed by atoms with van der Waals surface area (Å²) in [4.78, 5) is 38.7. The van der Waals surface area contributed by atoms with Crippen LogP contribution in [0.4, 0.5) is 0 Å². The van der Waals surface area contributed by atoms with Crippen molar-refractivity contribution in [2.75, 3.05) is 67.5 Å². The van der Waals surface area contributed by atoms with E-state index >= 15 is 0 Å². The van der Waals surface area contributed by atoms with E-state index in [9.17, 15) is 23.1 Å². The highest BCUT2D eigenvalue weighted by molar-refractivity contribution is 7.89. The largest absolute Gasteiger partial charge is 0.460 e. The molecule has 4 rings (SSSR count). The van der Waals surface area contributed by atoms with Crippen LogP contribution in [-0.4, -0.2) is 170 Å². The fourth-order valence-corrected chi connectivity index (χ4v) is 9.60. The quantitative estimate of drug-likeness (QED) is 0.301. The zero-order valence-electron chi connectivity index (χ0n) is 33.3. The maximum absolute atomic E-state index is 14.4. The number of nitrogens with zero attached hydrogens (tertiary/aromatic N) is 6. The Labute approximate surface area is 310 Å². The minimum Gasteiger partial charge on any atom is -0.460 e. The average molecular weight is 757 g/mol. The molecule has 52 heavy (non-hydrogen) atoms. The fourth-order valence-electron chi connectivity index (χ4n) is 8.21. The third-order valence-corrected chi connectivity index (χ3v) is 13.2. The summed E-state index contributed by atoms with van der Waals surface area (Å²) in [5.74, 6) is -1.79. The van der Waals surface area contributed by atoms with Crippen molar-refractivity contribution in [2.24, 2.45) is 24.3 Å². The van der Waals surface area contributed by atoms with Gasteiger partial charge in [-0.3, -0.25) is 19.4 Å². The lowest BCUT2D eigenvalue weighted by Gasteiger charge is -2.47. The van der Waals surface area contributed by atoms with Gasteiger partial charge in [-0.1, -0.05) is 13.8 Å². The van der Waals surface area contributed by atoms with Crippen LogP contribution in [0.5, 0.6) is 0 Å². The third kappa shape index (κ3) is 9.25. The Morgan fingerprint density at radius 1 is 1.06 bits per heavy atom. The molecule has 1 N–H and O–H groups in total. The number of aryl methyl sites for hydroxylation is 1. The number of cyclic esters (lactones) is 1. The molecule has 0 aromatic carbocycles. The number of imidazole rings is 1. The van der Waals surface area contributed by atoms with Crippen LogP contribution in [0.2, 0.25) is 0 Å². The number of aliphatic hydroxyl groups excluding tert-OH is 1. The predicted octanol–water partition coefficient (Wildman–Crippen LogP) is 1.45. The highest BCUT2D eigenvalue weighted by Crippen LogP contribution is 2.38. The number of ketones is 1. The van der Waals surface area contributed by atoms with Crippen molar-refractivity contribution in [3.05, 3.63) is 12.5 Å². The predicted molar refractivity (Wildman–Crippen MR) is 195 cm³/mol. The molecule has 16 heteroatoms. The minimum absolute atomic E-state index is 0.0323. The zero-order chi connectivity index (χ0) is 38.9. The van der Waals surface area contributed by atoms with Gasteiger partial charge in [-0.15, -0.1) is 0 Å². The average Bonchev–Trinajstić information content (AvgIpc) is 3.53. The molecule has 1 aromatic rings. The van der Waals surface area contributed by atoms with E-state index in [1.54, 1.807) is 39.5 Å². The first kappa shape index (κ1) is 42.7. The number of carbonyl (C=O) groups excluding carboxylic acids is 2. The lowest BCUT2D eigenvalue weighted by molar-refractivity contribution is -0.295. The molecular weight excluding hydrogens is 692 g/mol. The SMILES string of the molecule is CO[C@]1(C)C[C@@H](C)CN(C)[C@@H](CN2CCN(S(=O)(=O)c3cn(C)cn3)CC2)[C@H](C)OC(=O)C(C)(C)C(=O)[C@H](C)[C@H]1O[C@@H]1O[C@H](C)C[C@H](N(C)C)[C@H]1O. The molecule has 298 valence electrons. The van der Waals surface area contributed by atoms with Gasteiger partial charge < -0.3 is 33.5 Å². The molecule has 10 atom stereocenters. The minimum atomic E-state index is -3.71. The summed E-state index contributed by atoms with van der Waals surface area (Å²) in [6, 6.07) is -0.473. The molecule has 3 aliphatic rings. The summed E-state index contributed by atoms with van der Waals surface area (Å²) in [7, 11) is 5.43. The van der Waals surface area contributed by atoms with Crippen molar-refractivity contribution in [1.82, 2.24) is 28.6 Å². The van der Waals surface area contributed by atoms with E-state index < -0.39 is 57.5 Å². The van der Waals surface area contributed by atoms with Crippen LogP contribution < -0.4 is 0 Å². The Morgan fingerprint density at radius 3 is 2.25 bits per heavy atom. The van der Waals surface area contributed by atoms with Gasteiger partial charge in [0.1, 0.15) is 17.6 Å². The summed E-state index contributed by atoms with van der Waals surface area (Å²) >= 11 is 0. The first-order valence-corrected chi connectivity index (χ1v) is 19.9. The van der Waals surface area contributed by atoms with Crippen molar-refractivity contribution in [1.29, 1.82) is 0 Å². The van der Waals surface area contributed by atoms with Crippen LogP contribution in [0.25, 0.3) is 0 Å². The Hall–Kier alpha value is -2.02. The number of ether oxygens (including phenoxy) is 4. The van der Waals surface area contributed by atoms with Crippen LogP contribution in [0, 0.1) is 17.3 Å². The van der Waals surface area contributed by atoms with Gasteiger partial charge in [0.05, 0.1) is 30.2 Å². The fraction of sp³-hybridized carbons (Fsp3) is 0.861. The van der Waals surface area contributed by atoms with Gasteiger partial charge in [-0.2, -0.15) is 4.31 Å². The van der Waals surface area contributed by atoms with Crippen LogP contribution >= 0.6 is 0 Å². The Bertz CT molecular complexity index is 1480. The molecule has 0 radical (unpaired) electrons. The molecule has 0 unspecified atom stereocenters. The molecule has 0 saturated carbocycles. The number of likely N-dealkylation sites (N-methyl/N-ethyl adjacent to an activating group) is 2. The maximum atomic E-state index is 14.4. The third-order valence-electron chi connectivity index (χ3n) is 11.4. The molecule has 0 bridgehead atoms. The monoisotopic (exact) mass is 756 g/mol. The number of aliphatic hydroxyl groups is 1. The normalized spacial score (nSPS) is 36.9. The summed E-state index contributed by atoms with van der Waals surface area (Å²) in [6.45, 7) is 15.5. The second-order valence-electron chi connectivity index (χ2n) is 16.4. The van der Waals surface area contributed by atoms with E-state index in [4.69, 9.17) is 18.9 Å². The zero-order valence-corrected chi connectivity index (χ0v) is 34.1. The van der Waals surface area contributed by atoms with E-state index in [1.165, 1.54) is 16.8 Å². The topological polar surface area (TPSA) is 156 Å². The highest BCUT2D eigenvalue weighted by atomic mass is 32.2. The van der Waals surface area contributed by atoms with Gasteiger partial charge in [0.2, 0.25) is 0 Å². The van der Waals surface area contributed by atoms with Crippen LogP contribution in [0.3, 0.4) is 0 Å². The van der Waals surface area contributed by atoms with Gasteiger partial charge in [0.15, 0.2) is 17.1 Å². The van der Waals surface area contributed by atoms with Crippen molar-refractivity contribution in [3.8, 4) is 0 Å². The van der Waals surface area contributed by atoms with Crippen molar-refractivity contribution in [3.63, 3.8) is 0 Å². The second kappa shape index (κ2) is 16.8. The Morgan fingerprint density at radius 2 is 1.69 bits per heavy atom. The molecule has 0 aliphatic carbocycles. The van der Waals surface area contributed by atoms with E-state index in [0.717, 1.165) is 0 Å². The van der Waals surface area contributed by atoms with E-state index in [0.29, 0.717) is 52.1 Å². The highest BCUT2D eigenvalue weighted by Gasteiger charge is 2.52. The Kier molecular flexibility index (Phi) is 13.8. The molecule has 3 saturated heterocycles. The van der Waals surface area contributed by atoms with E-state index in [1.807, 2.05) is 46.8 Å². The second-order valence-corrected chi connectivity index (χ2v) is 18.3. The van der Waals surface area contributed by atoms with Gasteiger partial charge in [0.25, 0.3) is 10.0 Å². The molecule has 1 aromatic heterocycles. The van der Waals surface area contributed by atoms with Crippen LogP contribution in [-0.2, 0) is 45.6 Å². The number of esters is 1. The first-order chi connectivity index (χ1) is 24.1. The number of methoxy groups -OCH3 is 1. The number of Topliss-reactive ketones (excluding diaryl/α,β-unsaturated/α-hetero) is 1. The first-order valence-electron chi connectivity index (χ1n) is 18.5. The van der Waals surface area contributed by atoms with Crippen molar-refractivity contribution < 1.29 is 42.1 Å². The van der Waals surface area contributed by atoms with Gasteiger partial charge in [0, 0.05) is 71.6 Å². The molecule has 0 spiro atoms. The number of piperazine rings is 1. The number of hydrogen-bond acceptors (Lipinski definition) is 13. The lowest BCUT2D eigenvalue weighted by Crippen LogP contribution is -2.59. The number of sulfonamides is 1. The maximum Gasteiger partial charge on any atom is 0.319 e. The summed E-state index contributed by atoms with van der Waals surface area (Å²) < 4.78 is 54.7.